The average molecular weight is 403 g/mol. The van der Waals surface area contributed by atoms with Crippen LogP contribution in [0.3, 0.4) is 0 Å². The molecule has 3 N–H and O–H groups in total. The Balaban J connectivity index is 1.52. The summed E-state index contributed by atoms with van der Waals surface area (Å²) in [7, 11) is 0. The zero-order valence-corrected chi connectivity index (χ0v) is 17.3. The van der Waals surface area contributed by atoms with Gasteiger partial charge in [-0.3, -0.25) is 4.79 Å². The number of halogens is 1. The Bertz CT molecular complexity index is 753. The largest absolute Gasteiger partial charge is 0.396 e. The molecule has 2 aliphatic carbocycles. The highest BCUT2D eigenvalue weighted by molar-refractivity contribution is 6.33. The first-order valence-electron chi connectivity index (χ1n) is 10.5. The van der Waals surface area contributed by atoms with E-state index in [0.717, 1.165) is 56.7 Å². The van der Waals surface area contributed by atoms with Gasteiger partial charge >= 0.3 is 0 Å². The maximum absolute atomic E-state index is 12.7. The van der Waals surface area contributed by atoms with Crippen LogP contribution in [0, 0.1) is 5.92 Å². The summed E-state index contributed by atoms with van der Waals surface area (Å²) in [5.74, 6) is 0.637. The first-order valence-corrected chi connectivity index (χ1v) is 10.9. The van der Waals surface area contributed by atoms with Crippen LogP contribution >= 0.6 is 11.6 Å². The van der Waals surface area contributed by atoms with E-state index in [-0.39, 0.29) is 12.5 Å². The molecule has 152 valence electrons. The van der Waals surface area contributed by atoms with E-state index in [0.29, 0.717) is 17.1 Å². The van der Waals surface area contributed by atoms with E-state index in [2.05, 4.69) is 16.4 Å². The number of nitrogens with one attached hydrogen (secondary N) is 2. The Labute approximate surface area is 173 Å². The number of aliphatic hydroxyl groups excluding tert-OH is 1. The minimum Gasteiger partial charge on any atom is -0.396 e. The average Bonchev–Trinajstić information content (AvgIpc) is 2.69. The lowest BCUT2D eigenvalue weighted by molar-refractivity contribution is 0.0956. The molecule has 0 aliphatic heterocycles. The molecule has 1 aromatic rings. The number of rotatable bonds is 10. The molecule has 1 amide bonds. The first kappa shape index (κ1) is 21.1. The molecule has 1 saturated carbocycles. The fourth-order valence-corrected chi connectivity index (χ4v) is 4.34. The Morgan fingerprint density at radius 1 is 1.25 bits per heavy atom. The van der Waals surface area contributed by atoms with Crippen molar-refractivity contribution >= 4 is 17.5 Å². The zero-order chi connectivity index (χ0) is 19.8. The third-order valence-electron chi connectivity index (χ3n) is 5.58. The number of carbonyl (C=O) groups excluding carboxylic acids is 1. The molecule has 1 atom stereocenters. The number of benzene rings is 1. The Morgan fingerprint density at radius 3 is 2.93 bits per heavy atom. The summed E-state index contributed by atoms with van der Waals surface area (Å²) in [6, 6.07) is 5.72. The van der Waals surface area contributed by atoms with E-state index in [1.807, 2.05) is 18.2 Å². The molecule has 0 radical (unpaired) electrons. The molecular weight excluding hydrogens is 372 g/mol. The van der Waals surface area contributed by atoms with E-state index in [1.165, 1.54) is 30.4 Å². The smallest absolute Gasteiger partial charge is 0.253 e. The lowest BCUT2D eigenvalue weighted by Crippen LogP contribution is -2.27. The Hall–Kier alpha value is -1.58. The molecule has 2 aliphatic rings. The van der Waals surface area contributed by atoms with E-state index in [9.17, 15) is 4.79 Å². The second kappa shape index (κ2) is 10.8. The number of fused-ring (bicyclic) bond motifs is 2. The molecule has 1 fully saturated rings. The summed E-state index contributed by atoms with van der Waals surface area (Å²) in [6.45, 7) is 2.51. The van der Waals surface area contributed by atoms with Gasteiger partial charge in [-0.25, -0.2) is 0 Å². The fourth-order valence-electron chi connectivity index (χ4n) is 4.14. The van der Waals surface area contributed by atoms with Crippen LogP contribution in [0.1, 0.15) is 60.9 Å². The predicted molar refractivity (Wildman–Crippen MR) is 114 cm³/mol. The van der Waals surface area contributed by atoms with E-state index in [4.69, 9.17) is 16.7 Å². The standard InChI is InChI=1S/C23H31ClN2O2/c24-22-8-7-17(6-2-9-25-10-3-11-27)15-21(22)23(28)26-16-20-13-18-4-1-5-19(12-18)14-20/h7-8,15,18,25,27H,1-6,9-13,16H2,(H,26,28). The molecular formula is C23H31ClN2O2. The number of aryl methyl sites for hydroxylation is 1. The number of hydrogen-bond donors (Lipinski definition) is 3. The molecule has 4 nitrogen and oxygen atoms in total. The lowest BCUT2D eigenvalue weighted by Gasteiger charge is -2.27. The summed E-state index contributed by atoms with van der Waals surface area (Å²) in [5, 5.41) is 15.6. The second-order valence-electron chi connectivity index (χ2n) is 7.93. The van der Waals surface area contributed by atoms with Gasteiger partial charge in [-0.05, 0) is 99.2 Å². The van der Waals surface area contributed by atoms with Crippen LogP contribution < -0.4 is 10.6 Å². The number of amides is 1. The van der Waals surface area contributed by atoms with Gasteiger partial charge < -0.3 is 15.7 Å². The van der Waals surface area contributed by atoms with Crippen LogP contribution in [-0.2, 0) is 6.42 Å². The van der Waals surface area contributed by atoms with Crippen molar-refractivity contribution in [2.45, 2.75) is 51.4 Å². The third-order valence-corrected chi connectivity index (χ3v) is 5.91. The van der Waals surface area contributed by atoms with Crippen molar-refractivity contribution in [2.75, 3.05) is 26.2 Å². The minimum atomic E-state index is -0.108. The van der Waals surface area contributed by atoms with Crippen molar-refractivity contribution in [3.05, 3.63) is 51.2 Å². The van der Waals surface area contributed by atoms with Crippen LogP contribution in [0.25, 0.3) is 0 Å². The highest BCUT2D eigenvalue weighted by Gasteiger charge is 2.22. The maximum atomic E-state index is 12.7. The monoisotopic (exact) mass is 402 g/mol. The van der Waals surface area contributed by atoms with Gasteiger partial charge in [0.15, 0.2) is 0 Å². The van der Waals surface area contributed by atoms with Gasteiger partial charge in [-0.1, -0.05) is 17.7 Å². The van der Waals surface area contributed by atoms with Gasteiger partial charge in [0.1, 0.15) is 0 Å². The van der Waals surface area contributed by atoms with Crippen LogP contribution in [0.2, 0.25) is 5.02 Å². The number of aliphatic hydroxyl groups is 1. The second-order valence-corrected chi connectivity index (χ2v) is 8.33. The van der Waals surface area contributed by atoms with E-state index < -0.39 is 0 Å². The minimum absolute atomic E-state index is 0.108. The van der Waals surface area contributed by atoms with Crippen molar-refractivity contribution in [2.24, 2.45) is 5.92 Å². The van der Waals surface area contributed by atoms with Crippen molar-refractivity contribution in [3.8, 4) is 0 Å². The third kappa shape index (κ3) is 6.22. The predicted octanol–water partition coefficient (Wildman–Crippen LogP) is 4.02. The van der Waals surface area contributed by atoms with Gasteiger partial charge in [0, 0.05) is 13.2 Å². The van der Waals surface area contributed by atoms with Crippen LogP contribution in [0.5, 0.6) is 0 Å². The summed E-state index contributed by atoms with van der Waals surface area (Å²) < 4.78 is 0. The number of hydrogen-bond acceptors (Lipinski definition) is 3. The normalized spacial score (nSPS) is 18.4. The van der Waals surface area contributed by atoms with Gasteiger partial charge in [0.2, 0.25) is 0 Å². The molecule has 0 heterocycles. The van der Waals surface area contributed by atoms with Crippen molar-refractivity contribution in [3.63, 3.8) is 0 Å². The molecule has 0 spiro atoms. The van der Waals surface area contributed by atoms with Crippen molar-refractivity contribution in [1.82, 2.24) is 10.6 Å². The van der Waals surface area contributed by atoms with Crippen molar-refractivity contribution in [1.29, 1.82) is 0 Å². The maximum Gasteiger partial charge on any atom is 0.253 e. The molecule has 0 saturated heterocycles. The molecule has 0 aromatic heterocycles. The Kier molecular flexibility index (Phi) is 8.17. The van der Waals surface area contributed by atoms with Gasteiger partial charge in [-0.15, -0.1) is 5.73 Å². The lowest BCUT2D eigenvalue weighted by atomic mass is 9.78. The SMILES string of the molecule is O=C(NCC1=C=C2CCCC(C2)C1)c1cc(CCCNCCCO)ccc1Cl. The summed E-state index contributed by atoms with van der Waals surface area (Å²) in [6.07, 6.45) is 8.65. The van der Waals surface area contributed by atoms with E-state index >= 15 is 0 Å². The molecule has 3 rings (SSSR count). The van der Waals surface area contributed by atoms with Gasteiger partial charge in [-0.2, -0.15) is 0 Å². The summed E-state index contributed by atoms with van der Waals surface area (Å²) in [4.78, 5) is 12.7. The summed E-state index contributed by atoms with van der Waals surface area (Å²) >= 11 is 6.29. The quantitative estimate of drug-likeness (QED) is 0.409. The fraction of sp³-hybridized carbons (Fsp3) is 0.565. The van der Waals surface area contributed by atoms with Crippen LogP contribution in [0.4, 0.5) is 0 Å². The molecule has 1 unspecified atom stereocenters. The van der Waals surface area contributed by atoms with E-state index in [1.54, 1.807) is 0 Å². The van der Waals surface area contributed by atoms with Crippen LogP contribution in [0.15, 0.2) is 35.1 Å². The molecule has 2 bridgehead atoms. The highest BCUT2D eigenvalue weighted by atomic mass is 35.5. The Morgan fingerprint density at radius 2 is 2.11 bits per heavy atom. The van der Waals surface area contributed by atoms with Gasteiger partial charge in [0.25, 0.3) is 5.91 Å². The molecule has 28 heavy (non-hydrogen) atoms. The highest BCUT2D eigenvalue weighted by Crippen LogP contribution is 2.35. The molecule has 5 heteroatoms. The topological polar surface area (TPSA) is 61.4 Å². The first-order chi connectivity index (χ1) is 13.7. The number of carbonyl (C=O) groups is 1. The van der Waals surface area contributed by atoms with Crippen molar-refractivity contribution < 1.29 is 9.90 Å². The molecule has 1 aromatic carbocycles. The summed E-state index contributed by atoms with van der Waals surface area (Å²) in [5.41, 5.74) is 7.85. The van der Waals surface area contributed by atoms with Crippen LogP contribution in [-0.4, -0.2) is 37.3 Å². The van der Waals surface area contributed by atoms with Gasteiger partial charge in [0.05, 0.1) is 10.6 Å². The zero-order valence-electron chi connectivity index (χ0n) is 16.5.